The maximum Gasteiger partial charge on any atom is 0.241 e. The summed E-state index contributed by atoms with van der Waals surface area (Å²) in [5.74, 6) is -0.440. The molecule has 25 heavy (non-hydrogen) atoms. The number of hydrogen-bond donors (Lipinski definition) is 1. The third-order valence-corrected chi connectivity index (χ3v) is 6.11. The van der Waals surface area contributed by atoms with Gasteiger partial charge < -0.3 is 4.90 Å². The highest BCUT2D eigenvalue weighted by molar-refractivity contribution is 7.89. The van der Waals surface area contributed by atoms with Gasteiger partial charge in [0.05, 0.1) is 4.90 Å². The highest BCUT2D eigenvalue weighted by Crippen LogP contribution is 2.21. The molecule has 1 saturated heterocycles. The van der Waals surface area contributed by atoms with Crippen LogP contribution in [-0.2, 0) is 16.6 Å². The summed E-state index contributed by atoms with van der Waals surface area (Å²) in [6.45, 7) is 3.95. The Morgan fingerprint density at radius 1 is 1.04 bits per heavy atom. The van der Waals surface area contributed by atoms with Gasteiger partial charge in [-0.15, -0.1) is 0 Å². The molecule has 0 unspecified atom stereocenters. The Kier molecular flexibility index (Phi) is 5.39. The Bertz CT molecular complexity index is 829. The van der Waals surface area contributed by atoms with Crippen LogP contribution in [-0.4, -0.2) is 21.5 Å². The van der Waals surface area contributed by atoms with Gasteiger partial charge in [0.1, 0.15) is 5.82 Å². The summed E-state index contributed by atoms with van der Waals surface area (Å²) in [5, 5.41) is 0. The number of benzene rings is 2. The largest absolute Gasteiger partial charge is 0.372 e. The van der Waals surface area contributed by atoms with Crippen molar-refractivity contribution < 1.29 is 12.8 Å². The first-order valence-corrected chi connectivity index (χ1v) is 10.0. The lowest BCUT2D eigenvalue weighted by Crippen LogP contribution is -2.29. The summed E-state index contributed by atoms with van der Waals surface area (Å²) in [5.41, 5.74) is 2.47. The van der Waals surface area contributed by atoms with Gasteiger partial charge >= 0.3 is 0 Å². The van der Waals surface area contributed by atoms with E-state index in [0.717, 1.165) is 24.7 Å². The second kappa shape index (κ2) is 7.54. The second-order valence-electron chi connectivity index (χ2n) is 6.45. The Hall–Kier alpha value is -1.92. The van der Waals surface area contributed by atoms with E-state index in [4.69, 9.17) is 0 Å². The van der Waals surface area contributed by atoms with Crippen molar-refractivity contribution in [3.63, 3.8) is 0 Å². The molecule has 4 nitrogen and oxygen atoms in total. The van der Waals surface area contributed by atoms with Crippen molar-refractivity contribution in [3.8, 4) is 0 Å². The summed E-state index contributed by atoms with van der Waals surface area (Å²) in [7, 11) is -3.66. The third kappa shape index (κ3) is 4.38. The number of nitrogens with one attached hydrogen (secondary N) is 1. The zero-order valence-corrected chi connectivity index (χ0v) is 15.2. The molecular weight excluding hydrogens is 339 g/mol. The molecule has 2 aromatic carbocycles. The lowest BCUT2D eigenvalue weighted by molar-refractivity contribution is 0.577. The minimum absolute atomic E-state index is 0.110. The van der Waals surface area contributed by atoms with Gasteiger partial charge in [0.2, 0.25) is 10.0 Å². The number of piperidine rings is 1. The lowest BCUT2D eigenvalue weighted by Gasteiger charge is -2.28. The Labute approximate surface area is 148 Å². The number of rotatable bonds is 5. The molecule has 1 aliphatic rings. The van der Waals surface area contributed by atoms with E-state index >= 15 is 0 Å². The van der Waals surface area contributed by atoms with E-state index in [0.29, 0.717) is 5.56 Å². The molecule has 0 aromatic heterocycles. The summed E-state index contributed by atoms with van der Waals surface area (Å²) in [6.07, 6.45) is 3.73. The van der Waals surface area contributed by atoms with Gasteiger partial charge in [-0.3, -0.25) is 0 Å². The van der Waals surface area contributed by atoms with Crippen LogP contribution in [0.5, 0.6) is 0 Å². The second-order valence-corrected chi connectivity index (χ2v) is 8.18. The van der Waals surface area contributed by atoms with E-state index in [2.05, 4.69) is 9.62 Å². The van der Waals surface area contributed by atoms with Crippen molar-refractivity contribution in [1.29, 1.82) is 0 Å². The fraction of sp³-hybridized carbons (Fsp3) is 0.368. The van der Waals surface area contributed by atoms with E-state index in [9.17, 15) is 12.8 Å². The van der Waals surface area contributed by atoms with E-state index in [1.807, 2.05) is 24.3 Å². The van der Waals surface area contributed by atoms with Crippen LogP contribution in [0, 0.1) is 12.7 Å². The minimum Gasteiger partial charge on any atom is -0.372 e. The average Bonchev–Trinajstić information content (AvgIpc) is 2.61. The molecule has 1 aliphatic heterocycles. The van der Waals surface area contributed by atoms with Crippen LogP contribution < -0.4 is 9.62 Å². The van der Waals surface area contributed by atoms with Crippen LogP contribution in [0.3, 0.4) is 0 Å². The lowest BCUT2D eigenvalue weighted by atomic mass is 10.1. The smallest absolute Gasteiger partial charge is 0.241 e. The molecule has 0 aliphatic carbocycles. The molecule has 1 N–H and O–H groups in total. The van der Waals surface area contributed by atoms with Crippen LogP contribution in [0.4, 0.5) is 10.1 Å². The number of aryl methyl sites for hydroxylation is 1. The van der Waals surface area contributed by atoms with E-state index < -0.39 is 15.8 Å². The van der Waals surface area contributed by atoms with E-state index in [1.54, 1.807) is 6.92 Å². The fourth-order valence-electron chi connectivity index (χ4n) is 3.15. The molecule has 1 heterocycles. The number of hydrogen-bond acceptors (Lipinski definition) is 3. The average molecular weight is 362 g/mol. The molecular formula is C19H23FN2O2S. The third-order valence-electron chi connectivity index (χ3n) is 4.55. The molecule has 0 saturated carbocycles. The highest BCUT2D eigenvalue weighted by atomic mass is 32.2. The predicted molar refractivity (Wildman–Crippen MR) is 97.7 cm³/mol. The topological polar surface area (TPSA) is 49.4 Å². The summed E-state index contributed by atoms with van der Waals surface area (Å²) in [6, 6.07) is 11.7. The number of nitrogens with zero attached hydrogens (tertiary/aromatic N) is 1. The van der Waals surface area contributed by atoms with Crippen molar-refractivity contribution in [2.24, 2.45) is 0 Å². The monoisotopic (exact) mass is 362 g/mol. The van der Waals surface area contributed by atoms with Gasteiger partial charge in [0.15, 0.2) is 0 Å². The number of halogens is 1. The molecule has 6 heteroatoms. The van der Waals surface area contributed by atoms with Gasteiger partial charge in [-0.2, -0.15) is 0 Å². The zero-order valence-electron chi connectivity index (χ0n) is 14.3. The molecule has 0 radical (unpaired) electrons. The molecule has 3 rings (SSSR count). The van der Waals surface area contributed by atoms with Crippen LogP contribution >= 0.6 is 0 Å². The molecule has 134 valence electrons. The Morgan fingerprint density at radius 3 is 2.36 bits per heavy atom. The molecule has 1 fully saturated rings. The normalized spacial score (nSPS) is 15.4. The van der Waals surface area contributed by atoms with Gasteiger partial charge in [-0.25, -0.2) is 17.5 Å². The van der Waals surface area contributed by atoms with Crippen molar-refractivity contribution in [1.82, 2.24) is 4.72 Å². The first kappa shape index (κ1) is 17.9. The van der Waals surface area contributed by atoms with Gasteiger partial charge in [-0.1, -0.05) is 12.1 Å². The van der Waals surface area contributed by atoms with Gasteiger partial charge in [0, 0.05) is 25.3 Å². The number of anilines is 1. The standard InChI is InChI=1S/C19H23FN2O2S/c1-15-13-17(20)7-10-19(15)25(23,24)21-14-16-5-8-18(9-6-16)22-11-3-2-4-12-22/h5-10,13,21H,2-4,11-12,14H2,1H3. The molecule has 0 atom stereocenters. The Balaban J connectivity index is 1.66. The number of sulfonamides is 1. The SMILES string of the molecule is Cc1cc(F)ccc1S(=O)(=O)NCc1ccc(N2CCCCC2)cc1. The fourth-order valence-corrected chi connectivity index (χ4v) is 4.39. The van der Waals surface area contributed by atoms with E-state index in [1.165, 1.54) is 37.1 Å². The van der Waals surface area contributed by atoms with Crippen molar-refractivity contribution in [2.45, 2.75) is 37.6 Å². The minimum atomic E-state index is -3.66. The van der Waals surface area contributed by atoms with Crippen molar-refractivity contribution in [2.75, 3.05) is 18.0 Å². The zero-order chi connectivity index (χ0) is 17.9. The van der Waals surface area contributed by atoms with Crippen LogP contribution in [0.1, 0.15) is 30.4 Å². The first-order chi connectivity index (χ1) is 12.0. The van der Waals surface area contributed by atoms with Crippen LogP contribution in [0.15, 0.2) is 47.4 Å². The summed E-state index contributed by atoms with van der Waals surface area (Å²) >= 11 is 0. The summed E-state index contributed by atoms with van der Waals surface area (Å²) in [4.78, 5) is 2.47. The van der Waals surface area contributed by atoms with Crippen LogP contribution in [0.25, 0.3) is 0 Å². The van der Waals surface area contributed by atoms with Crippen molar-refractivity contribution >= 4 is 15.7 Å². The maximum atomic E-state index is 13.2. The summed E-state index contributed by atoms with van der Waals surface area (Å²) < 4.78 is 40.6. The molecule has 0 amide bonds. The molecule has 0 spiro atoms. The first-order valence-electron chi connectivity index (χ1n) is 8.55. The van der Waals surface area contributed by atoms with Crippen molar-refractivity contribution in [3.05, 3.63) is 59.4 Å². The maximum absolute atomic E-state index is 13.2. The Morgan fingerprint density at radius 2 is 1.72 bits per heavy atom. The molecule has 0 bridgehead atoms. The van der Waals surface area contributed by atoms with Crippen LogP contribution in [0.2, 0.25) is 0 Å². The van der Waals surface area contributed by atoms with Gasteiger partial charge in [0.25, 0.3) is 0 Å². The highest BCUT2D eigenvalue weighted by Gasteiger charge is 2.17. The quantitative estimate of drug-likeness (QED) is 0.884. The predicted octanol–water partition coefficient (Wildman–Crippen LogP) is 3.60. The molecule has 2 aromatic rings. The van der Waals surface area contributed by atoms with E-state index in [-0.39, 0.29) is 11.4 Å². The van der Waals surface area contributed by atoms with Gasteiger partial charge in [-0.05, 0) is 67.6 Å².